The lowest BCUT2D eigenvalue weighted by atomic mass is 9.90. The standard InChI is InChI=1S/C14H16N4O2.2ClH/c15-14(3-7-20-8-4-14)13(19)18-12-2-6-17-11-1-5-16-9-10(11)12;;/h1-2,5-6,9H,3-4,7-8,15H2,(H,17,18,19);2*1H. The van der Waals surface area contributed by atoms with Gasteiger partial charge in [-0.1, -0.05) is 0 Å². The third-order valence-corrected chi connectivity index (χ3v) is 3.63. The number of nitrogens with zero attached hydrogens (tertiary/aromatic N) is 2. The Kier molecular flexibility index (Phi) is 6.49. The number of anilines is 1. The minimum atomic E-state index is -0.865. The number of nitrogens with two attached hydrogens (primary N) is 1. The number of aromatic nitrogens is 2. The number of rotatable bonds is 2. The molecule has 0 radical (unpaired) electrons. The summed E-state index contributed by atoms with van der Waals surface area (Å²) in [4.78, 5) is 20.7. The molecule has 0 atom stereocenters. The van der Waals surface area contributed by atoms with Gasteiger partial charge in [-0.2, -0.15) is 0 Å². The molecule has 1 aliphatic rings. The van der Waals surface area contributed by atoms with Crippen LogP contribution in [0.15, 0.2) is 30.7 Å². The molecule has 0 aromatic carbocycles. The normalized spacial score (nSPS) is 16.2. The van der Waals surface area contributed by atoms with E-state index < -0.39 is 5.54 Å². The van der Waals surface area contributed by atoms with Crippen LogP contribution in [0.1, 0.15) is 12.8 Å². The van der Waals surface area contributed by atoms with Gasteiger partial charge in [0.05, 0.1) is 11.2 Å². The monoisotopic (exact) mass is 344 g/mol. The maximum Gasteiger partial charge on any atom is 0.244 e. The van der Waals surface area contributed by atoms with Crippen LogP contribution >= 0.6 is 24.8 Å². The quantitative estimate of drug-likeness (QED) is 0.868. The molecule has 0 bridgehead atoms. The second-order valence-corrected chi connectivity index (χ2v) is 4.97. The van der Waals surface area contributed by atoms with E-state index in [9.17, 15) is 4.79 Å². The van der Waals surface area contributed by atoms with Crippen LogP contribution in [0, 0.1) is 0 Å². The minimum absolute atomic E-state index is 0. The van der Waals surface area contributed by atoms with Crippen LogP contribution in [0.25, 0.3) is 10.9 Å². The average molecular weight is 345 g/mol. The molecule has 3 N–H and O–H groups in total. The van der Waals surface area contributed by atoms with Gasteiger partial charge in [-0.05, 0) is 25.0 Å². The number of hydrogen-bond donors (Lipinski definition) is 2. The molecular formula is C14H18Cl2N4O2. The maximum absolute atomic E-state index is 12.4. The zero-order chi connectivity index (χ0) is 14.0. The van der Waals surface area contributed by atoms with Gasteiger partial charge in [-0.3, -0.25) is 14.8 Å². The topological polar surface area (TPSA) is 90.1 Å². The van der Waals surface area contributed by atoms with Crippen molar-refractivity contribution in [1.29, 1.82) is 0 Å². The van der Waals surface area contributed by atoms with Gasteiger partial charge in [0.2, 0.25) is 5.91 Å². The summed E-state index contributed by atoms with van der Waals surface area (Å²) in [5, 5.41) is 3.70. The van der Waals surface area contributed by atoms with Crippen molar-refractivity contribution in [3.05, 3.63) is 30.7 Å². The Morgan fingerprint density at radius 3 is 2.68 bits per heavy atom. The summed E-state index contributed by atoms with van der Waals surface area (Å²) in [5.41, 5.74) is 6.78. The zero-order valence-corrected chi connectivity index (χ0v) is 13.5. The van der Waals surface area contributed by atoms with E-state index in [4.69, 9.17) is 10.5 Å². The van der Waals surface area contributed by atoms with Gasteiger partial charge >= 0.3 is 0 Å². The van der Waals surface area contributed by atoms with E-state index in [2.05, 4.69) is 15.3 Å². The third kappa shape index (κ3) is 3.64. The Morgan fingerprint density at radius 2 is 1.95 bits per heavy atom. The Balaban J connectivity index is 0.00000121. The summed E-state index contributed by atoms with van der Waals surface area (Å²) in [7, 11) is 0. The van der Waals surface area contributed by atoms with E-state index in [1.165, 1.54) is 0 Å². The minimum Gasteiger partial charge on any atom is -0.381 e. The van der Waals surface area contributed by atoms with Gasteiger partial charge < -0.3 is 15.8 Å². The van der Waals surface area contributed by atoms with Crippen molar-refractivity contribution in [1.82, 2.24) is 9.97 Å². The average Bonchev–Trinajstić information content (AvgIpc) is 2.48. The highest BCUT2D eigenvalue weighted by atomic mass is 35.5. The van der Waals surface area contributed by atoms with Crippen molar-refractivity contribution in [3.8, 4) is 0 Å². The number of fused-ring (bicyclic) bond motifs is 1. The Morgan fingerprint density at radius 1 is 1.23 bits per heavy atom. The van der Waals surface area contributed by atoms with Crippen LogP contribution in [0.2, 0.25) is 0 Å². The molecule has 2 aromatic rings. The van der Waals surface area contributed by atoms with Crippen LogP contribution in [0.4, 0.5) is 5.69 Å². The highest BCUT2D eigenvalue weighted by Crippen LogP contribution is 2.24. The molecule has 2 aromatic heterocycles. The lowest BCUT2D eigenvalue weighted by Gasteiger charge is -2.31. The van der Waals surface area contributed by atoms with E-state index in [1.807, 2.05) is 0 Å². The number of nitrogens with one attached hydrogen (secondary N) is 1. The third-order valence-electron chi connectivity index (χ3n) is 3.63. The molecule has 3 rings (SSSR count). The fourth-order valence-electron chi connectivity index (χ4n) is 2.31. The summed E-state index contributed by atoms with van der Waals surface area (Å²) in [5.74, 6) is -0.183. The summed E-state index contributed by atoms with van der Waals surface area (Å²) in [6.07, 6.45) is 6.07. The van der Waals surface area contributed by atoms with Crippen LogP contribution < -0.4 is 11.1 Å². The van der Waals surface area contributed by atoms with Gasteiger partial charge in [0, 0.05) is 37.2 Å². The van der Waals surface area contributed by atoms with Gasteiger partial charge in [-0.15, -0.1) is 24.8 Å². The fraction of sp³-hybridized carbons (Fsp3) is 0.357. The molecule has 8 heteroatoms. The first-order chi connectivity index (χ1) is 9.69. The van der Waals surface area contributed by atoms with Crippen molar-refractivity contribution in [2.45, 2.75) is 18.4 Å². The van der Waals surface area contributed by atoms with Crippen molar-refractivity contribution in [2.75, 3.05) is 18.5 Å². The van der Waals surface area contributed by atoms with Crippen LogP contribution in [0.3, 0.4) is 0 Å². The van der Waals surface area contributed by atoms with E-state index in [0.717, 1.165) is 10.9 Å². The molecule has 0 unspecified atom stereocenters. The van der Waals surface area contributed by atoms with Gasteiger partial charge in [0.15, 0.2) is 0 Å². The molecule has 0 saturated carbocycles. The molecule has 6 nitrogen and oxygen atoms in total. The predicted octanol–water partition coefficient (Wildman–Crippen LogP) is 1.92. The number of carbonyl (C=O) groups excluding carboxylic acids is 1. The lowest BCUT2D eigenvalue weighted by molar-refractivity contribution is -0.124. The molecule has 22 heavy (non-hydrogen) atoms. The maximum atomic E-state index is 12.4. The Bertz CT molecular complexity index is 642. The lowest BCUT2D eigenvalue weighted by Crippen LogP contribution is -2.54. The van der Waals surface area contributed by atoms with E-state index in [0.29, 0.717) is 31.7 Å². The largest absolute Gasteiger partial charge is 0.381 e. The molecule has 1 fully saturated rings. The highest BCUT2D eigenvalue weighted by molar-refractivity contribution is 6.04. The van der Waals surface area contributed by atoms with Crippen molar-refractivity contribution in [3.63, 3.8) is 0 Å². The number of amides is 1. The number of hydrogen-bond acceptors (Lipinski definition) is 5. The number of pyridine rings is 2. The van der Waals surface area contributed by atoms with Crippen LogP contribution in [0.5, 0.6) is 0 Å². The fourth-order valence-corrected chi connectivity index (χ4v) is 2.31. The van der Waals surface area contributed by atoms with E-state index in [1.54, 1.807) is 30.7 Å². The van der Waals surface area contributed by atoms with Gasteiger partial charge in [0.25, 0.3) is 0 Å². The summed E-state index contributed by atoms with van der Waals surface area (Å²) in [6, 6.07) is 3.56. The van der Waals surface area contributed by atoms with Gasteiger partial charge in [-0.25, -0.2) is 0 Å². The highest BCUT2D eigenvalue weighted by Gasteiger charge is 2.36. The first-order valence-electron chi connectivity index (χ1n) is 6.56. The molecule has 120 valence electrons. The first-order valence-corrected chi connectivity index (χ1v) is 6.56. The molecule has 0 spiro atoms. The smallest absolute Gasteiger partial charge is 0.244 e. The number of halogens is 2. The van der Waals surface area contributed by atoms with E-state index >= 15 is 0 Å². The molecule has 3 heterocycles. The summed E-state index contributed by atoms with van der Waals surface area (Å²) < 4.78 is 5.26. The van der Waals surface area contributed by atoms with Crippen molar-refractivity contribution < 1.29 is 9.53 Å². The molecule has 1 saturated heterocycles. The Hall–Kier alpha value is -1.47. The van der Waals surface area contributed by atoms with Gasteiger partial charge in [0.1, 0.15) is 5.54 Å². The first kappa shape index (κ1) is 18.6. The Labute approximate surface area is 140 Å². The second kappa shape index (κ2) is 7.69. The summed E-state index contributed by atoms with van der Waals surface area (Å²) in [6.45, 7) is 1.03. The summed E-state index contributed by atoms with van der Waals surface area (Å²) >= 11 is 0. The molecule has 0 aliphatic carbocycles. The van der Waals surface area contributed by atoms with Crippen molar-refractivity contribution in [2.24, 2.45) is 5.73 Å². The molecular weight excluding hydrogens is 327 g/mol. The predicted molar refractivity (Wildman–Crippen MR) is 89.6 cm³/mol. The second-order valence-electron chi connectivity index (χ2n) is 4.97. The van der Waals surface area contributed by atoms with Crippen LogP contribution in [-0.4, -0.2) is 34.6 Å². The van der Waals surface area contributed by atoms with E-state index in [-0.39, 0.29) is 30.7 Å². The number of carbonyl (C=O) groups is 1. The SMILES string of the molecule is Cl.Cl.NC1(C(=O)Nc2ccnc3ccncc23)CCOCC1. The van der Waals surface area contributed by atoms with Crippen molar-refractivity contribution >= 4 is 47.3 Å². The molecule has 1 aliphatic heterocycles. The van der Waals surface area contributed by atoms with Crippen LogP contribution in [-0.2, 0) is 9.53 Å². The molecule has 1 amide bonds. The number of ether oxygens (including phenoxy) is 1. The zero-order valence-electron chi connectivity index (χ0n) is 11.8.